The number of rotatable bonds is 11. The van der Waals surface area contributed by atoms with Crippen LogP contribution in [-0.2, 0) is 30.3 Å². The molecule has 6 heterocycles. The number of esters is 1. The molecule has 5 aromatic rings. The van der Waals surface area contributed by atoms with Gasteiger partial charge >= 0.3 is 17.7 Å². The molecule has 1 amide bonds. The van der Waals surface area contributed by atoms with Crippen LogP contribution in [0.15, 0.2) is 82.7 Å². The number of carbonyl (C=O) groups is 4. The number of carboxylic acids is 1. The summed E-state index contributed by atoms with van der Waals surface area (Å²) >= 11 is 0. The van der Waals surface area contributed by atoms with Crippen LogP contribution in [0.2, 0.25) is 0 Å². The number of anilines is 2. The molecule has 9 N–H and O–H groups in total. The number of methoxy groups -OCH3 is 2. The molecule has 24 heteroatoms. The van der Waals surface area contributed by atoms with E-state index in [9.17, 15) is 54.6 Å². The molecule has 1 saturated heterocycles. The Kier molecular flexibility index (Phi) is 17.4. The van der Waals surface area contributed by atoms with Crippen molar-refractivity contribution < 1.29 is 77.9 Å². The zero-order valence-corrected chi connectivity index (χ0v) is 48.4. The van der Waals surface area contributed by atoms with Gasteiger partial charge in [-0.2, -0.15) is 5.10 Å². The number of aromatic carboxylic acids is 1. The standard InChI is InChI=1S/C61H70FN7O16/c1-28-13-12-14-29(2)59(78)66-46-38(24-65-69(25-34-15-10-11-20-64-34)36-18-21-67(26-36)48-40(62)23-37-47(57(48)82-9)68(35-16-17-35)27-39(52(37)74)60(79)80)53(75)42-43(54(46)76)50(72)32(5)55-44(42)58(77)61(7,85-55)83-22-19-41(81-8)30(3)56(84-33(6)70)45(63)51(73)31(4)49(28)71/h10-15,19-20,22-24,27-28,30-31,35-36,41,45,49,51,56,71-73,75-76H,16-18,21,25-26,63H2,1-9H3,(H,66,78)(H,79,80)/b13-12+,22-19+,29-14-,65-24+/t28-,30+,31+,36?,41-,45+,49-,51+,56+,61-/m0/s1. The Hall–Kier alpha value is -8.58. The molecule has 1 aliphatic carbocycles. The van der Waals surface area contributed by atoms with Crippen molar-refractivity contribution in [2.75, 3.05) is 37.5 Å². The number of carboxylic acid groups (broad SMARTS) is 1. The molecule has 1 unspecified atom stereocenters. The lowest BCUT2D eigenvalue weighted by molar-refractivity contribution is -0.156. The number of phenols is 3. The highest BCUT2D eigenvalue weighted by Crippen LogP contribution is 2.55. The summed E-state index contributed by atoms with van der Waals surface area (Å²) in [5.41, 5.74) is 4.96. The lowest BCUT2D eigenvalue weighted by Crippen LogP contribution is -2.55. The quantitative estimate of drug-likeness (QED) is 0.0231. The van der Waals surface area contributed by atoms with Gasteiger partial charge in [-0.3, -0.25) is 29.2 Å². The van der Waals surface area contributed by atoms with Gasteiger partial charge in [0.1, 0.15) is 34.6 Å². The van der Waals surface area contributed by atoms with Crippen LogP contribution in [0.1, 0.15) is 104 Å². The van der Waals surface area contributed by atoms with Crippen LogP contribution in [0, 0.1) is 30.5 Å². The monoisotopic (exact) mass is 1180 g/mol. The van der Waals surface area contributed by atoms with Crippen LogP contribution < -0.4 is 30.9 Å². The molecule has 85 heavy (non-hydrogen) atoms. The van der Waals surface area contributed by atoms with Gasteiger partial charge in [0.05, 0.1) is 95.3 Å². The maximum absolute atomic E-state index is 16.7. The van der Waals surface area contributed by atoms with Crippen molar-refractivity contribution in [3.8, 4) is 28.7 Å². The number of ether oxygens (including phenoxy) is 5. The molecule has 3 aromatic carbocycles. The molecule has 5 bridgehead atoms. The van der Waals surface area contributed by atoms with E-state index in [-0.39, 0.29) is 76.0 Å². The van der Waals surface area contributed by atoms with Crippen LogP contribution in [0.3, 0.4) is 0 Å². The molecule has 1 saturated carbocycles. The van der Waals surface area contributed by atoms with E-state index in [1.807, 2.05) is 0 Å². The third-order valence-electron chi connectivity index (χ3n) is 16.6. The molecular formula is C61H70FN7O16. The van der Waals surface area contributed by atoms with Crippen molar-refractivity contribution in [3.05, 3.63) is 117 Å². The Bertz CT molecular complexity index is 3680. The molecule has 10 rings (SSSR count). The number of nitrogens with two attached hydrogens (primary N) is 1. The fourth-order valence-corrected chi connectivity index (χ4v) is 11.6. The fourth-order valence-electron chi connectivity index (χ4n) is 11.6. The van der Waals surface area contributed by atoms with E-state index in [0.29, 0.717) is 25.0 Å². The van der Waals surface area contributed by atoms with Crippen molar-refractivity contribution in [2.45, 2.75) is 123 Å². The van der Waals surface area contributed by atoms with Crippen molar-refractivity contribution >= 4 is 62.9 Å². The van der Waals surface area contributed by atoms with E-state index in [1.54, 1.807) is 65.7 Å². The van der Waals surface area contributed by atoms with E-state index in [2.05, 4.69) is 10.3 Å². The van der Waals surface area contributed by atoms with Crippen LogP contribution in [0.25, 0.3) is 21.7 Å². The van der Waals surface area contributed by atoms with Gasteiger partial charge < -0.3 is 74.8 Å². The van der Waals surface area contributed by atoms with Gasteiger partial charge in [-0.15, -0.1) is 0 Å². The van der Waals surface area contributed by atoms with E-state index >= 15 is 4.39 Å². The Morgan fingerprint density at radius 3 is 2.39 bits per heavy atom. The number of aliphatic hydroxyl groups excluding tert-OH is 2. The van der Waals surface area contributed by atoms with Crippen LogP contribution in [0.4, 0.5) is 15.8 Å². The van der Waals surface area contributed by atoms with Crippen LogP contribution >= 0.6 is 0 Å². The second-order valence-electron chi connectivity index (χ2n) is 22.3. The van der Waals surface area contributed by atoms with Gasteiger partial charge in [0, 0.05) is 86.8 Å². The van der Waals surface area contributed by atoms with Crippen molar-refractivity contribution in [3.63, 3.8) is 0 Å². The SMILES string of the molecule is COc1c(N2CCC(N(Cc3ccccn3)/N=C/c3c4c(O)c5c(O)c(C)c6c(c5c3O)C(=O)[C@@](C)(O/C=C/[C@H](OC)[C@@H](C)[C@@H](OC(C)=O)[C@H](N)[C@H](O)[C@H](C)[C@@H](O)[C@@H](C)/C=C/C=C(/C)C(=O)N4)O6)C2)c(F)cc2c(=O)c(C(=O)O)cn(C3CC3)c12. The lowest BCUT2D eigenvalue weighted by atomic mass is 9.81. The zero-order valence-electron chi connectivity index (χ0n) is 48.4. The molecule has 5 aliphatic rings. The molecule has 10 atom stereocenters. The highest BCUT2D eigenvalue weighted by molar-refractivity contribution is 6.24. The number of nitrogens with zero attached hydrogens (tertiary/aromatic N) is 5. The highest BCUT2D eigenvalue weighted by Gasteiger charge is 2.50. The van der Waals surface area contributed by atoms with Crippen molar-refractivity contribution in [1.29, 1.82) is 0 Å². The molecular weight excluding hydrogens is 1110 g/mol. The Morgan fingerprint density at radius 1 is 1.01 bits per heavy atom. The van der Waals surface area contributed by atoms with Gasteiger partial charge in [-0.05, 0) is 57.4 Å². The van der Waals surface area contributed by atoms with Crippen molar-refractivity contribution in [2.24, 2.45) is 28.6 Å². The van der Waals surface area contributed by atoms with Gasteiger partial charge in [-0.1, -0.05) is 45.1 Å². The Labute approximate surface area is 488 Å². The minimum atomic E-state index is -2.21. The number of hydrogen-bond acceptors (Lipinski definition) is 20. The van der Waals surface area contributed by atoms with Gasteiger partial charge in [0.2, 0.25) is 5.43 Å². The topological polar surface area (TPSA) is 328 Å². The molecule has 0 radical (unpaired) electrons. The summed E-state index contributed by atoms with van der Waals surface area (Å²) in [4.78, 5) is 73.7. The number of aromatic nitrogens is 2. The summed E-state index contributed by atoms with van der Waals surface area (Å²) in [5, 5.41) is 78.3. The minimum absolute atomic E-state index is 0.0122. The molecule has 2 aromatic heterocycles. The molecule has 2 fully saturated rings. The molecule has 23 nitrogen and oxygen atoms in total. The smallest absolute Gasteiger partial charge is 0.341 e. The average Bonchev–Trinajstić information content (AvgIpc) is 1.78. The number of allylic oxidation sites excluding steroid dienone is 2. The fraction of sp³-hybridized carbons (Fsp3) is 0.426. The summed E-state index contributed by atoms with van der Waals surface area (Å²) in [6.45, 7) is 10.6. The number of ketones is 1. The molecule has 452 valence electrons. The summed E-state index contributed by atoms with van der Waals surface area (Å²) in [5.74, 6) is -11.6. The number of aliphatic hydroxyl groups is 2. The molecule has 0 spiro atoms. The number of benzene rings is 3. The van der Waals surface area contributed by atoms with E-state index in [4.69, 9.17) is 34.5 Å². The number of pyridine rings is 2. The number of carbonyl (C=O) groups excluding carboxylic acids is 3. The van der Waals surface area contributed by atoms with Crippen LogP contribution in [0.5, 0.6) is 28.7 Å². The van der Waals surface area contributed by atoms with Gasteiger partial charge in [0.25, 0.3) is 11.7 Å². The number of hydrazone groups is 1. The second kappa shape index (κ2) is 24.2. The number of halogens is 1. The number of hydrogen-bond donors (Lipinski definition) is 8. The van der Waals surface area contributed by atoms with E-state index in [1.165, 1.54) is 66.3 Å². The van der Waals surface area contributed by atoms with E-state index < -0.39 is 134 Å². The number of aromatic hydroxyl groups is 3. The first-order chi connectivity index (χ1) is 40.3. The largest absolute Gasteiger partial charge is 0.507 e. The first-order valence-corrected chi connectivity index (χ1v) is 27.8. The number of nitrogens with one attached hydrogen (secondary N) is 1. The second-order valence-corrected chi connectivity index (χ2v) is 22.3. The number of phenolic OH excluding ortho intramolecular Hbond substituents is 3. The lowest BCUT2D eigenvalue weighted by Gasteiger charge is -2.37. The number of amides is 1. The number of Topliss-reactive ketones (excluding diaryl/α,β-unsaturated/α-hetero) is 1. The van der Waals surface area contributed by atoms with Gasteiger partial charge in [-0.25, -0.2) is 9.18 Å². The summed E-state index contributed by atoms with van der Waals surface area (Å²) in [6.07, 6.45) is 7.98. The zero-order chi connectivity index (χ0) is 61.7. The number of fused-ring (bicyclic) bond motifs is 15. The first kappa shape index (κ1) is 61.0. The predicted octanol–water partition coefficient (Wildman–Crippen LogP) is 6.45. The van der Waals surface area contributed by atoms with Crippen molar-refractivity contribution in [1.82, 2.24) is 14.6 Å². The maximum atomic E-state index is 16.7. The summed E-state index contributed by atoms with van der Waals surface area (Å²) < 4.78 is 47.9. The Morgan fingerprint density at radius 2 is 1.74 bits per heavy atom. The first-order valence-electron chi connectivity index (χ1n) is 27.8. The third-order valence-corrected chi connectivity index (χ3v) is 16.6. The van der Waals surface area contributed by atoms with E-state index in [0.717, 1.165) is 18.5 Å². The molecule has 4 aliphatic heterocycles. The summed E-state index contributed by atoms with van der Waals surface area (Å²) in [6, 6.07) is 4.29. The van der Waals surface area contributed by atoms with Gasteiger partial charge in [0.15, 0.2) is 17.3 Å². The summed E-state index contributed by atoms with van der Waals surface area (Å²) in [7, 11) is 2.71. The normalized spacial score (nSPS) is 27.1. The highest BCUT2D eigenvalue weighted by atomic mass is 19.1. The minimum Gasteiger partial charge on any atom is -0.507 e. The maximum Gasteiger partial charge on any atom is 0.341 e. The average molecular weight is 1180 g/mol. The van der Waals surface area contributed by atoms with Crippen LogP contribution in [-0.4, -0.2) is 145 Å². The Balaban J connectivity index is 1.17. The third kappa shape index (κ3) is 11.5. The predicted molar refractivity (Wildman–Crippen MR) is 311 cm³/mol.